The van der Waals surface area contributed by atoms with Crippen LogP contribution in [0.2, 0.25) is 5.02 Å². The lowest BCUT2D eigenvalue weighted by Gasteiger charge is -2.31. The normalized spacial score (nSPS) is 20.5. The van der Waals surface area contributed by atoms with Gasteiger partial charge in [-0.05, 0) is 50.5 Å². The molecule has 1 aromatic carbocycles. The second-order valence-electron chi connectivity index (χ2n) is 6.35. The first-order valence-electron chi connectivity index (χ1n) is 8.40. The number of rotatable bonds is 6. The number of hydrogen-bond acceptors (Lipinski definition) is 3. The molecule has 1 aliphatic heterocycles. The van der Waals surface area contributed by atoms with E-state index in [1.54, 1.807) is 12.1 Å². The number of halogens is 1. The second-order valence-corrected chi connectivity index (χ2v) is 8.73. The van der Waals surface area contributed by atoms with Gasteiger partial charge in [-0.25, -0.2) is 8.42 Å². The summed E-state index contributed by atoms with van der Waals surface area (Å²) in [4.78, 5) is 12.6. The van der Waals surface area contributed by atoms with E-state index in [1.807, 2.05) is 6.92 Å². The molecule has 2 atom stereocenters. The van der Waals surface area contributed by atoms with Crippen molar-refractivity contribution in [3.05, 3.63) is 29.3 Å². The Morgan fingerprint density at radius 1 is 1.38 bits per heavy atom. The first kappa shape index (κ1) is 19.2. The van der Waals surface area contributed by atoms with E-state index in [9.17, 15) is 13.2 Å². The number of nitrogens with zero attached hydrogens (tertiary/aromatic N) is 1. The maximum absolute atomic E-state index is 12.7. The Labute approximate surface area is 149 Å². The van der Waals surface area contributed by atoms with Crippen molar-refractivity contribution in [1.82, 2.24) is 9.62 Å². The number of piperidine rings is 1. The van der Waals surface area contributed by atoms with Crippen LogP contribution in [0.5, 0.6) is 0 Å². The molecular formula is C17H25ClN2O3S. The van der Waals surface area contributed by atoms with Crippen molar-refractivity contribution >= 4 is 27.5 Å². The van der Waals surface area contributed by atoms with Crippen LogP contribution in [0.3, 0.4) is 0 Å². The molecule has 24 heavy (non-hydrogen) atoms. The monoisotopic (exact) mass is 372 g/mol. The van der Waals surface area contributed by atoms with Crippen LogP contribution < -0.4 is 5.32 Å². The lowest BCUT2D eigenvalue weighted by atomic mass is 9.98. The molecule has 1 aliphatic rings. The van der Waals surface area contributed by atoms with Crippen LogP contribution in [-0.2, 0) is 14.8 Å². The zero-order valence-electron chi connectivity index (χ0n) is 14.2. The van der Waals surface area contributed by atoms with E-state index in [4.69, 9.17) is 11.6 Å². The standard InChI is InChI=1S/C17H25ClN2O3S/c1-3-5-13(2)19-17(21)14-6-4-11-20(12-14)24(22,23)16-9-7-15(18)8-10-16/h7-10,13-14H,3-6,11-12H2,1-2H3,(H,19,21). The number of nitrogens with one attached hydrogen (secondary N) is 1. The molecule has 1 amide bonds. The maximum atomic E-state index is 12.7. The second kappa shape index (κ2) is 8.32. The Kier molecular flexibility index (Phi) is 6.66. The molecule has 0 spiro atoms. The molecule has 5 nitrogen and oxygen atoms in total. The highest BCUT2D eigenvalue weighted by atomic mass is 35.5. The third kappa shape index (κ3) is 4.71. The van der Waals surface area contributed by atoms with E-state index in [0.717, 1.165) is 19.3 Å². The molecule has 1 saturated heterocycles. The lowest BCUT2D eigenvalue weighted by molar-refractivity contribution is -0.126. The highest BCUT2D eigenvalue weighted by Crippen LogP contribution is 2.25. The van der Waals surface area contributed by atoms with Crippen LogP contribution in [-0.4, -0.2) is 37.8 Å². The van der Waals surface area contributed by atoms with Gasteiger partial charge in [0.25, 0.3) is 0 Å². The summed E-state index contributed by atoms with van der Waals surface area (Å²) in [6, 6.07) is 6.25. The summed E-state index contributed by atoms with van der Waals surface area (Å²) < 4.78 is 26.9. The molecule has 1 aromatic rings. The average molecular weight is 373 g/mol. The molecule has 0 aromatic heterocycles. The van der Waals surface area contributed by atoms with Crippen LogP contribution in [0.1, 0.15) is 39.5 Å². The SMILES string of the molecule is CCCC(C)NC(=O)C1CCCN(S(=O)(=O)c2ccc(Cl)cc2)C1. The molecular weight excluding hydrogens is 348 g/mol. The van der Waals surface area contributed by atoms with E-state index < -0.39 is 10.0 Å². The fraction of sp³-hybridized carbons (Fsp3) is 0.588. The van der Waals surface area contributed by atoms with Crippen molar-refractivity contribution in [2.75, 3.05) is 13.1 Å². The molecule has 1 N–H and O–H groups in total. The van der Waals surface area contributed by atoms with Crippen LogP contribution in [0.25, 0.3) is 0 Å². The third-order valence-electron chi connectivity index (χ3n) is 4.32. The quantitative estimate of drug-likeness (QED) is 0.834. The minimum Gasteiger partial charge on any atom is -0.353 e. The Balaban J connectivity index is 2.07. The number of amides is 1. The fourth-order valence-electron chi connectivity index (χ4n) is 3.00. The van der Waals surface area contributed by atoms with Gasteiger partial charge in [-0.3, -0.25) is 4.79 Å². The van der Waals surface area contributed by atoms with Crippen LogP contribution in [0.15, 0.2) is 29.2 Å². The van der Waals surface area contributed by atoms with Gasteiger partial charge in [-0.1, -0.05) is 24.9 Å². The first-order valence-corrected chi connectivity index (χ1v) is 10.2. The topological polar surface area (TPSA) is 66.5 Å². The van der Waals surface area contributed by atoms with E-state index in [1.165, 1.54) is 16.4 Å². The number of sulfonamides is 1. The van der Waals surface area contributed by atoms with Crippen molar-refractivity contribution in [2.45, 2.75) is 50.5 Å². The highest BCUT2D eigenvalue weighted by Gasteiger charge is 2.33. The van der Waals surface area contributed by atoms with Gasteiger partial charge in [-0.2, -0.15) is 4.31 Å². The van der Waals surface area contributed by atoms with Gasteiger partial charge < -0.3 is 5.32 Å². The van der Waals surface area contributed by atoms with Gasteiger partial charge in [0.2, 0.25) is 15.9 Å². The summed E-state index contributed by atoms with van der Waals surface area (Å²) >= 11 is 5.82. The minimum absolute atomic E-state index is 0.0491. The predicted octanol–water partition coefficient (Wildman–Crippen LogP) is 3.05. The van der Waals surface area contributed by atoms with Crippen LogP contribution in [0, 0.1) is 5.92 Å². The van der Waals surface area contributed by atoms with Gasteiger partial charge in [0.1, 0.15) is 0 Å². The zero-order valence-corrected chi connectivity index (χ0v) is 15.7. The van der Waals surface area contributed by atoms with Crippen molar-refractivity contribution in [2.24, 2.45) is 5.92 Å². The van der Waals surface area contributed by atoms with Gasteiger partial charge in [-0.15, -0.1) is 0 Å². The third-order valence-corrected chi connectivity index (χ3v) is 6.45. The number of carbonyl (C=O) groups excluding carboxylic acids is 1. The Hall–Kier alpha value is -1.11. The lowest BCUT2D eigenvalue weighted by Crippen LogP contribution is -2.47. The van der Waals surface area contributed by atoms with E-state index in [2.05, 4.69) is 12.2 Å². The fourth-order valence-corrected chi connectivity index (χ4v) is 4.65. The molecule has 0 aliphatic carbocycles. The molecule has 0 saturated carbocycles. The van der Waals surface area contributed by atoms with E-state index in [-0.39, 0.29) is 29.3 Å². The van der Waals surface area contributed by atoms with Crippen molar-refractivity contribution in [3.8, 4) is 0 Å². The molecule has 7 heteroatoms. The van der Waals surface area contributed by atoms with E-state index >= 15 is 0 Å². The number of carbonyl (C=O) groups is 1. The average Bonchev–Trinajstić information content (AvgIpc) is 2.55. The summed E-state index contributed by atoms with van der Waals surface area (Å²) in [6.07, 6.45) is 3.33. The molecule has 1 fully saturated rings. The van der Waals surface area contributed by atoms with Gasteiger partial charge in [0.15, 0.2) is 0 Å². The maximum Gasteiger partial charge on any atom is 0.243 e. The summed E-state index contributed by atoms with van der Waals surface area (Å²) in [5.74, 6) is -0.341. The summed E-state index contributed by atoms with van der Waals surface area (Å²) in [5, 5.41) is 3.49. The first-order chi connectivity index (χ1) is 11.3. The summed E-state index contributed by atoms with van der Waals surface area (Å²) in [6.45, 7) is 4.73. The van der Waals surface area contributed by atoms with Gasteiger partial charge in [0.05, 0.1) is 10.8 Å². The van der Waals surface area contributed by atoms with Crippen molar-refractivity contribution in [3.63, 3.8) is 0 Å². The number of benzene rings is 1. The predicted molar refractivity (Wildman–Crippen MR) is 95.4 cm³/mol. The molecule has 0 radical (unpaired) electrons. The Bertz CT molecular complexity index is 661. The van der Waals surface area contributed by atoms with Crippen LogP contribution in [0.4, 0.5) is 0 Å². The smallest absolute Gasteiger partial charge is 0.243 e. The largest absolute Gasteiger partial charge is 0.353 e. The molecule has 2 unspecified atom stereocenters. The minimum atomic E-state index is -3.59. The summed E-state index contributed by atoms with van der Waals surface area (Å²) in [7, 11) is -3.59. The zero-order chi connectivity index (χ0) is 17.7. The Morgan fingerprint density at radius 2 is 2.04 bits per heavy atom. The molecule has 2 rings (SSSR count). The van der Waals surface area contributed by atoms with Gasteiger partial charge in [0, 0.05) is 24.2 Å². The molecule has 134 valence electrons. The Morgan fingerprint density at radius 3 is 2.67 bits per heavy atom. The van der Waals surface area contributed by atoms with Crippen LogP contribution >= 0.6 is 11.6 Å². The molecule has 1 heterocycles. The van der Waals surface area contributed by atoms with Crippen molar-refractivity contribution < 1.29 is 13.2 Å². The summed E-state index contributed by atoms with van der Waals surface area (Å²) in [5.41, 5.74) is 0. The highest BCUT2D eigenvalue weighted by molar-refractivity contribution is 7.89. The van der Waals surface area contributed by atoms with Crippen molar-refractivity contribution in [1.29, 1.82) is 0 Å². The number of hydrogen-bond donors (Lipinski definition) is 1. The molecule has 0 bridgehead atoms. The van der Waals surface area contributed by atoms with E-state index in [0.29, 0.717) is 18.0 Å². The van der Waals surface area contributed by atoms with Gasteiger partial charge >= 0.3 is 0 Å².